The largest absolute Gasteiger partial charge is 0.368 e. The van der Waals surface area contributed by atoms with Crippen LogP contribution in [0.1, 0.15) is 0 Å². The molecule has 1 saturated heterocycles. The Morgan fingerprint density at radius 2 is 1.68 bits per heavy atom. The standard InChI is InChI=1S/C17H17ClN6O/c1-22-11-21-15-8-13(2-3-14(15)16(22)25)23-4-6-24(7-5-23)17-19-9-12(18)10-20-17/h2-3,8-11H,4-7H2,1H3. The molecule has 1 aliphatic heterocycles. The molecular formula is C17H17ClN6O. The predicted molar refractivity (Wildman–Crippen MR) is 98.5 cm³/mol. The third-order valence-electron chi connectivity index (χ3n) is 4.44. The van der Waals surface area contributed by atoms with Crippen LogP contribution in [-0.2, 0) is 7.05 Å². The molecular weight excluding hydrogens is 340 g/mol. The van der Waals surface area contributed by atoms with Gasteiger partial charge in [0.2, 0.25) is 5.95 Å². The smallest absolute Gasteiger partial charge is 0.260 e. The molecule has 0 unspecified atom stereocenters. The van der Waals surface area contributed by atoms with Crippen molar-refractivity contribution in [1.82, 2.24) is 19.5 Å². The van der Waals surface area contributed by atoms with E-state index in [-0.39, 0.29) is 5.56 Å². The highest BCUT2D eigenvalue weighted by Crippen LogP contribution is 2.21. The summed E-state index contributed by atoms with van der Waals surface area (Å²) in [5.41, 5.74) is 1.77. The van der Waals surface area contributed by atoms with Crippen molar-refractivity contribution in [3.05, 3.63) is 52.3 Å². The number of halogens is 1. The zero-order valence-electron chi connectivity index (χ0n) is 13.8. The van der Waals surface area contributed by atoms with Gasteiger partial charge >= 0.3 is 0 Å². The number of fused-ring (bicyclic) bond motifs is 1. The number of piperazine rings is 1. The average Bonchev–Trinajstić information content (AvgIpc) is 2.65. The van der Waals surface area contributed by atoms with Gasteiger partial charge in [0.15, 0.2) is 0 Å². The zero-order valence-corrected chi connectivity index (χ0v) is 14.5. The normalized spacial score (nSPS) is 15.0. The van der Waals surface area contributed by atoms with Crippen LogP contribution in [0.3, 0.4) is 0 Å². The minimum absolute atomic E-state index is 0.0266. The Morgan fingerprint density at radius 3 is 2.40 bits per heavy atom. The third kappa shape index (κ3) is 3.02. The molecule has 4 rings (SSSR count). The molecule has 0 radical (unpaired) electrons. The van der Waals surface area contributed by atoms with Gasteiger partial charge in [-0.1, -0.05) is 11.6 Å². The first-order chi connectivity index (χ1) is 12.1. The maximum atomic E-state index is 12.1. The molecule has 0 amide bonds. The van der Waals surface area contributed by atoms with Crippen molar-refractivity contribution in [2.75, 3.05) is 36.0 Å². The zero-order chi connectivity index (χ0) is 17.4. The van der Waals surface area contributed by atoms with Crippen molar-refractivity contribution in [3.63, 3.8) is 0 Å². The lowest BCUT2D eigenvalue weighted by Crippen LogP contribution is -2.47. The molecule has 128 valence electrons. The Kier molecular flexibility index (Phi) is 4.01. The van der Waals surface area contributed by atoms with Crippen LogP contribution >= 0.6 is 11.6 Å². The molecule has 0 atom stereocenters. The van der Waals surface area contributed by atoms with E-state index >= 15 is 0 Å². The molecule has 25 heavy (non-hydrogen) atoms. The lowest BCUT2D eigenvalue weighted by Gasteiger charge is -2.36. The first-order valence-corrected chi connectivity index (χ1v) is 8.42. The number of benzene rings is 1. The van der Waals surface area contributed by atoms with Crippen LogP contribution in [0.5, 0.6) is 0 Å². The monoisotopic (exact) mass is 356 g/mol. The Balaban J connectivity index is 1.52. The van der Waals surface area contributed by atoms with Crippen LogP contribution < -0.4 is 15.4 Å². The van der Waals surface area contributed by atoms with Crippen molar-refractivity contribution < 1.29 is 0 Å². The Hall–Kier alpha value is -2.67. The minimum atomic E-state index is -0.0266. The lowest BCUT2D eigenvalue weighted by atomic mass is 10.2. The second kappa shape index (κ2) is 6.33. The van der Waals surface area contributed by atoms with E-state index in [9.17, 15) is 4.79 Å². The van der Waals surface area contributed by atoms with Gasteiger partial charge in [-0.3, -0.25) is 4.79 Å². The highest BCUT2D eigenvalue weighted by atomic mass is 35.5. The van der Waals surface area contributed by atoms with E-state index in [0.717, 1.165) is 37.4 Å². The van der Waals surface area contributed by atoms with Crippen molar-refractivity contribution in [2.45, 2.75) is 0 Å². The van der Waals surface area contributed by atoms with E-state index in [1.165, 1.54) is 4.57 Å². The minimum Gasteiger partial charge on any atom is -0.368 e. The maximum absolute atomic E-state index is 12.1. The topological polar surface area (TPSA) is 67.2 Å². The molecule has 0 spiro atoms. The van der Waals surface area contributed by atoms with Gasteiger partial charge in [0.25, 0.3) is 5.56 Å². The first-order valence-electron chi connectivity index (χ1n) is 8.05. The number of hydrogen-bond acceptors (Lipinski definition) is 6. The Labute approximate surface area is 149 Å². The van der Waals surface area contributed by atoms with Gasteiger partial charge in [0, 0.05) is 38.9 Å². The van der Waals surface area contributed by atoms with Crippen LogP contribution in [0.25, 0.3) is 10.9 Å². The van der Waals surface area contributed by atoms with Gasteiger partial charge < -0.3 is 14.4 Å². The third-order valence-corrected chi connectivity index (χ3v) is 4.63. The Bertz CT molecular complexity index is 963. The van der Waals surface area contributed by atoms with E-state index in [1.54, 1.807) is 25.8 Å². The van der Waals surface area contributed by atoms with Gasteiger partial charge in [-0.05, 0) is 18.2 Å². The summed E-state index contributed by atoms with van der Waals surface area (Å²) >= 11 is 5.84. The number of anilines is 2. The number of hydrogen-bond donors (Lipinski definition) is 0. The van der Waals surface area contributed by atoms with Gasteiger partial charge in [-0.2, -0.15) is 0 Å². The number of aromatic nitrogens is 4. The fourth-order valence-electron chi connectivity index (χ4n) is 3.03. The van der Waals surface area contributed by atoms with Crippen molar-refractivity contribution >= 4 is 34.1 Å². The summed E-state index contributed by atoms with van der Waals surface area (Å²) < 4.78 is 1.49. The molecule has 7 nitrogen and oxygen atoms in total. The molecule has 3 aromatic rings. The highest BCUT2D eigenvalue weighted by Gasteiger charge is 2.19. The van der Waals surface area contributed by atoms with Gasteiger partial charge in [0.1, 0.15) is 0 Å². The summed E-state index contributed by atoms with van der Waals surface area (Å²) in [6.07, 6.45) is 4.79. The fraction of sp³-hybridized carbons (Fsp3) is 0.294. The quantitative estimate of drug-likeness (QED) is 0.696. The molecule has 0 N–H and O–H groups in total. The summed E-state index contributed by atoms with van der Waals surface area (Å²) in [7, 11) is 1.71. The maximum Gasteiger partial charge on any atom is 0.260 e. The highest BCUT2D eigenvalue weighted by molar-refractivity contribution is 6.30. The molecule has 1 aliphatic rings. The van der Waals surface area contributed by atoms with Crippen LogP contribution in [0.4, 0.5) is 11.6 Å². The van der Waals surface area contributed by atoms with Crippen molar-refractivity contribution in [1.29, 1.82) is 0 Å². The van der Waals surface area contributed by atoms with Crippen LogP contribution in [0.2, 0.25) is 5.02 Å². The first kappa shape index (κ1) is 15.8. The average molecular weight is 357 g/mol. The number of rotatable bonds is 2. The van der Waals surface area contributed by atoms with Crippen molar-refractivity contribution in [3.8, 4) is 0 Å². The summed E-state index contributed by atoms with van der Waals surface area (Å²) in [6.45, 7) is 3.35. The Morgan fingerprint density at radius 1 is 1.00 bits per heavy atom. The van der Waals surface area contributed by atoms with E-state index < -0.39 is 0 Å². The SMILES string of the molecule is Cn1cnc2cc(N3CCN(c4ncc(Cl)cn4)CC3)ccc2c1=O. The fourth-order valence-corrected chi connectivity index (χ4v) is 3.13. The lowest BCUT2D eigenvalue weighted by molar-refractivity contribution is 0.640. The summed E-state index contributed by atoms with van der Waals surface area (Å²) in [6, 6.07) is 5.82. The summed E-state index contributed by atoms with van der Waals surface area (Å²) in [5, 5.41) is 1.18. The van der Waals surface area contributed by atoms with Crippen LogP contribution in [-0.4, -0.2) is 45.7 Å². The van der Waals surface area contributed by atoms with Crippen LogP contribution in [0, 0.1) is 0 Å². The molecule has 1 aromatic carbocycles. The molecule has 0 bridgehead atoms. The second-order valence-electron chi connectivity index (χ2n) is 6.04. The van der Waals surface area contributed by atoms with Gasteiger partial charge in [-0.25, -0.2) is 15.0 Å². The number of aryl methyl sites for hydroxylation is 1. The van der Waals surface area contributed by atoms with E-state index in [4.69, 9.17) is 11.6 Å². The van der Waals surface area contributed by atoms with Gasteiger partial charge in [0.05, 0.1) is 34.6 Å². The molecule has 3 heterocycles. The van der Waals surface area contributed by atoms with E-state index in [0.29, 0.717) is 16.4 Å². The van der Waals surface area contributed by atoms with Crippen LogP contribution in [0.15, 0.2) is 41.7 Å². The molecule has 1 fully saturated rings. The van der Waals surface area contributed by atoms with E-state index in [1.807, 2.05) is 18.2 Å². The molecule has 8 heteroatoms. The predicted octanol–water partition coefficient (Wildman–Crippen LogP) is 1.70. The van der Waals surface area contributed by atoms with Crippen molar-refractivity contribution in [2.24, 2.45) is 7.05 Å². The molecule has 0 aliphatic carbocycles. The molecule has 0 saturated carbocycles. The second-order valence-corrected chi connectivity index (χ2v) is 6.47. The number of nitrogens with zero attached hydrogens (tertiary/aromatic N) is 6. The van der Waals surface area contributed by atoms with E-state index in [2.05, 4.69) is 24.8 Å². The summed E-state index contributed by atoms with van der Waals surface area (Å²) in [5.74, 6) is 0.702. The molecule has 2 aromatic heterocycles. The summed E-state index contributed by atoms with van der Waals surface area (Å²) in [4.78, 5) is 29.5. The van der Waals surface area contributed by atoms with Gasteiger partial charge in [-0.15, -0.1) is 0 Å².